The Hall–Kier alpha value is -1.55. The van der Waals surface area contributed by atoms with Crippen molar-refractivity contribution in [3.63, 3.8) is 0 Å². The van der Waals surface area contributed by atoms with Crippen molar-refractivity contribution in [1.82, 2.24) is 4.90 Å². The molecule has 0 spiro atoms. The number of hydrogen-bond acceptors (Lipinski definition) is 13. The van der Waals surface area contributed by atoms with Crippen LogP contribution in [0, 0.1) is 35.0 Å². The number of likely N-dealkylation sites (N-methyl/N-ethyl adjacent to an activating group) is 1. The topological polar surface area (TPSA) is 182 Å². The Morgan fingerprint density at radius 1 is 0.900 bits per heavy atom. The van der Waals surface area contributed by atoms with E-state index in [1.165, 1.54) is 6.92 Å². The zero-order valence-corrected chi connectivity index (χ0v) is 32.1. The second-order valence-electron chi connectivity index (χ2n) is 16.3. The molecule has 3 rings (SSSR count). The Balaban J connectivity index is 2.14. The van der Waals surface area contributed by atoms with E-state index < -0.39 is 96.0 Å². The first-order valence-electron chi connectivity index (χ1n) is 18.4. The maximum atomic E-state index is 14.0. The highest BCUT2D eigenvalue weighted by Crippen LogP contribution is 2.40. The highest BCUT2D eigenvalue weighted by molar-refractivity contribution is 5.83. The summed E-state index contributed by atoms with van der Waals surface area (Å²) in [4.78, 5) is 41.9. The number of aliphatic hydroxyl groups is 4. The first-order chi connectivity index (χ1) is 23.1. The average molecular weight is 716 g/mol. The molecule has 3 fully saturated rings. The SMILES string of the molecule is CC[C@H]1OC(=O)[C@H](C)[C@@H](O[C@H]2C[C@@](C)(C=O)[C@@H](O)[C@H](C)O2)[C@H](C)[C@@H](O[C@@H]2O[C@H](C)C[C@H](N(C)C)[C@H]2O)[C@@H](C)C[C@@H](C)C(=O)[C@H](C)[C@@H](O)[C@]1(C)O. The second kappa shape index (κ2) is 17.1. The molecule has 18 atom stereocenters. The van der Waals surface area contributed by atoms with Gasteiger partial charge in [-0.15, -0.1) is 0 Å². The van der Waals surface area contributed by atoms with Crippen molar-refractivity contribution in [2.45, 2.75) is 168 Å². The van der Waals surface area contributed by atoms with Gasteiger partial charge in [0, 0.05) is 30.2 Å². The van der Waals surface area contributed by atoms with E-state index >= 15 is 0 Å². The first-order valence-corrected chi connectivity index (χ1v) is 18.4. The van der Waals surface area contributed by atoms with E-state index in [1.54, 1.807) is 41.5 Å². The molecule has 3 aliphatic heterocycles. The zero-order valence-electron chi connectivity index (χ0n) is 32.1. The first kappa shape index (κ1) is 42.9. The minimum atomic E-state index is -1.94. The fourth-order valence-corrected chi connectivity index (χ4v) is 8.33. The van der Waals surface area contributed by atoms with Crippen molar-refractivity contribution in [2.75, 3.05) is 14.1 Å². The van der Waals surface area contributed by atoms with E-state index in [1.807, 2.05) is 39.8 Å². The van der Waals surface area contributed by atoms with Gasteiger partial charge in [0.1, 0.15) is 29.9 Å². The van der Waals surface area contributed by atoms with Crippen LogP contribution in [0.4, 0.5) is 0 Å². The summed E-state index contributed by atoms with van der Waals surface area (Å²) in [6.07, 6.45) is -7.71. The van der Waals surface area contributed by atoms with E-state index in [0.717, 1.165) is 0 Å². The van der Waals surface area contributed by atoms with Gasteiger partial charge >= 0.3 is 5.97 Å². The number of cyclic esters (lactones) is 1. The van der Waals surface area contributed by atoms with Gasteiger partial charge in [-0.2, -0.15) is 0 Å². The number of rotatable bonds is 7. The molecule has 13 heteroatoms. The molecule has 0 aromatic carbocycles. The maximum Gasteiger partial charge on any atom is 0.311 e. The average Bonchev–Trinajstić information content (AvgIpc) is 3.05. The fourth-order valence-electron chi connectivity index (χ4n) is 8.33. The molecule has 0 aromatic rings. The molecule has 3 saturated heterocycles. The summed E-state index contributed by atoms with van der Waals surface area (Å²) in [7, 11) is 3.76. The van der Waals surface area contributed by atoms with Gasteiger partial charge in [0.2, 0.25) is 0 Å². The van der Waals surface area contributed by atoms with Crippen LogP contribution in [0.2, 0.25) is 0 Å². The standard InChI is InChI=1S/C37H65NO12/c1-13-26-37(10,45)32(42)21(5)28(40)18(2)14-19(3)30(50-35-29(41)25(38(11)12)15-20(4)46-35)22(6)31(23(7)34(44)48-26)49-27-16-36(9,17-39)33(43)24(8)47-27/h17-27,29-33,35,41-43,45H,13-16H2,1-12H3/t18-,19+,20-,21+,22-,23-,24+,25+,26-,27+,29-,30+,31+,32-,33+,35+,36+,37-/m1/s1. The number of carbonyl (C=O) groups is 3. The summed E-state index contributed by atoms with van der Waals surface area (Å²) < 4.78 is 31.5. The smallest absolute Gasteiger partial charge is 0.311 e. The van der Waals surface area contributed by atoms with E-state index in [2.05, 4.69) is 0 Å². The van der Waals surface area contributed by atoms with E-state index in [-0.39, 0.29) is 36.7 Å². The number of aliphatic hydroxyl groups excluding tert-OH is 3. The Kier molecular flexibility index (Phi) is 14.6. The van der Waals surface area contributed by atoms with Gasteiger partial charge in [-0.1, -0.05) is 41.5 Å². The number of nitrogens with zero attached hydrogens (tertiary/aromatic N) is 1. The minimum Gasteiger partial charge on any atom is -0.459 e. The molecule has 4 N–H and O–H groups in total. The van der Waals surface area contributed by atoms with Gasteiger partial charge in [0.25, 0.3) is 0 Å². The summed E-state index contributed by atoms with van der Waals surface area (Å²) in [5, 5.41) is 45.1. The lowest BCUT2D eigenvalue weighted by Gasteiger charge is -2.47. The molecule has 0 aromatic heterocycles. The van der Waals surface area contributed by atoms with Crippen LogP contribution < -0.4 is 0 Å². The molecule has 290 valence electrons. The quantitative estimate of drug-likeness (QED) is 0.223. The third kappa shape index (κ3) is 9.14. The predicted molar refractivity (Wildman–Crippen MR) is 184 cm³/mol. The van der Waals surface area contributed by atoms with Gasteiger partial charge in [0.15, 0.2) is 12.6 Å². The van der Waals surface area contributed by atoms with Gasteiger partial charge < -0.3 is 53.8 Å². The minimum absolute atomic E-state index is 0.0163. The van der Waals surface area contributed by atoms with Crippen molar-refractivity contribution in [3.8, 4) is 0 Å². The molecule has 3 aliphatic rings. The number of Topliss-reactive ketones (excluding diaryl/α,β-unsaturated/α-hetero) is 1. The lowest BCUT2D eigenvalue weighted by molar-refractivity contribution is -0.299. The molecule has 0 aliphatic carbocycles. The number of ketones is 1. The number of carbonyl (C=O) groups excluding carboxylic acids is 3. The highest BCUT2D eigenvalue weighted by Gasteiger charge is 2.51. The molecule has 0 saturated carbocycles. The largest absolute Gasteiger partial charge is 0.459 e. The van der Waals surface area contributed by atoms with Crippen LogP contribution in [0.25, 0.3) is 0 Å². The zero-order chi connectivity index (χ0) is 38.0. The van der Waals surface area contributed by atoms with Crippen LogP contribution in [0.1, 0.15) is 94.9 Å². The predicted octanol–water partition coefficient (Wildman–Crippen LogP) is 2.47. The number of hydrogen-bond donors (Lipinski definition) is 4. The Labute approximate surface area is 298 Å². The molecule has 0 radical (unpaired) electrons. The Bertz CT molecular complexity index is 1150. The van der Waals surface area contributed by atoms with Crippen LogP contribution in [0.3, 0.4) is 0 Å². The van der Waals surface area contributed by atoms with Gasteiger partial charge in [-0.25, -0.2) is 0 Å². The molecular weight excluding hydrogens is 650 g/mol. The van der Waals surface area contributed by atoms with Crippen molar-refractivity contribution in [1.29, 1.82) is 0 Å². The van der Waals surface area contributed by atoms with Crippen molar-refractivity contribution in [2.24, 2.45) is 35.0 Å². The molecule has 0 amide bonds. The van der Waals surface area contributed by atoms with Crippen molar-refractivity contribution < 1.29 is 58.5 Å². The third-order valence-electron chi connectivity index (χ3n) is 11.7. The van der Waals surface area contributed by atoms with Crippen LogP contribution in [-0.4, -0.2) is 131 Å². The molecule has 50 heavy (non-hydrogen) atoms. The monoisotopic (exact) mass is 715 g/mol. The molecule has 0 bridgehead atoms. The maximum absolute atomic E-state index is 14.0. The molecule has 0 unspecified atom stereocenters. The highest BCUT2D eigenvalue weighted by atomic mass is 16.7. The van der Waals surface area contributed by atoms with E-state index in [0.29, 0.717) is 19.1 Å². The second-order valence-corrected chi connectivity index (χ2v) is 16.3. The lowest BCUT2D eigenvalue weighted by atomic mass is 9.75. The molecular formula is C37H65NO12. The van der Waals surface area contributed by atoms with Crippen molar-refractivity contribution >= 4 is 18.0 Å². The summed E-state index contributed by atoms with van der Waals surface area (Å²) in [5.74, 6) is -4.46. The molecule has 13 nitrogen and oxygen atoms in total. The lowest BCUT2D eigenvalue weighted by Crippen LogP contribution is -2.58. The number of esters is 1. The van der Waals surface area contributed by atoms with E-state index in [9.17, 15) is 34.8 Å². The summed E-state index contributed by atoms with van der Waals surface area (Å²) in [6.45, 7) is 17.0. The van der Waals surface area contributed by atoms with Crippen molar-refractivity contribution in [3.05, 3.63) is 0 Å². The van der Waals surface area contributed by atoms with E-state index in [4.69, 9.17) is 23.7 Å². The number of ether oxygens (including phenoxy) is 5. The summed E-state index contributed by atoms with van der Waals surface area (Å²) >= 11 is 0. The Morgan fingerprint density at radius 3 is 2.08 bits per heavy atom. The summed E-state index contributed by atoms with van der Waals surface area (Å²) in [5.41, 5.74) is -3.12. The van der Waals surface area contributed by atoms with Gasteiger partial charge in [-0.3, -0.25) is 9.59 Å². The van der Waals surface area contributed by atoms with Crippen LogP contribution in [-0.2, 0) is 38.1 Å². The summed E-state index contributed by atoms with van der Waals surface area (Å²) in [6, 6.07) is -0.250. The third-order valence-corrected chi connectivity index (χ3v) is 11.7. The van der Waals surface area contributed by atoms with Crippen LogP contribution >= 0.6 is 0 Å². The van der Waals surface area contributed by atoms with Gasteiger partial charge in [-0.05, 0) is 67.0 Å². The Morgan fingerprint density at radius 2 is 1.52 bits per heavy atom. The molecule has 3 heterocycles. The van der Waals surface area contributed by atoms with Gasteiger partial charge in [0.05, 0.1) is 48.0 Å². The fraction of sp³-hybridized carbons (Fsp3) is 0.919. The van der Waals surface area contributed by atoms with Crippen LogP contribution in [0.15, 0.2) is 0 Å². The number of aldehydes is 1. The normalized spacial score (nSPS) is 48.9. The van der Waals surface area contributed by atoms with Crippen LogP contribution in [0.5, 0.6) is 0 Å².